The summed E-state index contributed by atoms with van der Waals surface area (Å²) in [5.74, 6) is -3.66. The van der Waals surface area contributed by atoms with Gasteiger partial charge in [-0.25, -0.2) is 22.6 Å². The smallest absolute Gasteiger partial charge is 0.427 e. The second-order valence-corrected chi connectivity index (χ2v) is 18.4. The standard InChI is InChI=1S/C40H53F4N5O9S/c1-22(12-13-24-10-7-11-28(24)35(51)48-59(54,55)27-15-16-27)8-6-9-23(2)33(47-38(53)58-39(3,4)40(42,43)44)37(52)49-21-26(19-31(49)34(45)50)57-36-30-18-25(41)14-17-29(30)32(56-5)20-46-36/h12-14,17-18,20,22-24,26-28,31,33H,6-11,15-16,19,21H2,1-5H3,(H2,45,50)(H,47,53)(H,48,51)/b13-12-/t22-,23-,24+,26-,28?,31+,33+/m1/s1. The van der Waals surface area contributed by atoms with Gasteiger partial charge in [0.2, 0.25) is 39.2 Å². The van der Waals surface area contributed by atoms with E-state index in [9.17, 15) is 45.2 Å². The molecule has 1 unspecified atom stereocenters. The van der Waals surface area contributed by atoms with E-state index in [1.807, 2.05) is 19.1 Å². The normalized spacial score (nSPS) is 22.8. The number of sulfonamides is 1. The Hall–Kier alpha value is -4.68. The molecule has 1 aliphatic heterocycles. The van der Waals surface area contributed by atoms with E-state index in [1.165, 1.54) is 31.5 Å². The molecule has 2 saturated carbocycles. The molecule has 0 bridgehead atoms. The van der Waals surface area contributed by atoms with Crippen molar-refractivity contribution in [3.63, 3.8) is 0 Å². The zero-order valence-electron chi connectivity index (χ0n) is 33.7. The van der Waals surface area contributed by atoms with Gasteiger partial charge >= 0.3 is 12.3 Å². The maximum atomic E-state index is 14.3. The van der Waals surface area contributed by atoms with Crippen molar-refractivity contribution in [3.8, 4) is 11.6 Å². The highest BCUT2D eigenvalue weighted by atomic mass is 32.2. The van der Waals surface area contributed by atoms with Crippen molar-refractivity contribution in [1.82, 2.24) is 19.9 Å². The zero-order chi connectivity index (χ0) is 43.4. The lowest BCUT2D eigenvalue weighted by atomic mass is 9.90. The van der Waals surface area contributed by atoms with E-state index in [1.54, 1.807) is 6.92 Å². The number of benzene rings is 1. The topological polar surface area (TPSA) is 196 Å². The van der Waals surface area contributed by atoms with Crippen LogP contribution in [-0.4, -0.2) is 91.0 Å². The predicted molar refractivity (Wildman–Crippen MR) is 208 cm³/mol. The fourth-order valence-corrected chi connectivity index (χ4v) is 8.98. The minimum Gasteiger partial charge on any atom is -0.494 e. The number of likely N-dealkylation sites (tertiary alicyclic amines) is 1. The lowest BCUT2D eigenvalue weighted by molar-refractivity contribution is -0.244. The number of alkyl carbamates (subject to hydrolysis) is 1. The number of primary amides is 1. The van der Waals surface area contributed by atoms with Gasteiger partial charge in [-0.1, -0.05) is 38.8 Å². The quantitative estimate of drug-likeness (QED) is 0.132. The van der Waals surface area contributed by atoms with Crippen LogP contribution in [0.1, 0.15) is 85.5 Å². The lowest BCUT2D eigenvalue weighted by Gasteiger charge is -2.33. The average molecular weight is 856 g/mol. The molecule has 0 radical (unpaired) electrons. The van der Waals surface area contributed by atoms with E-state index < -0.39 is 86.7 Å². The molecule has 2 heterocycles. The Balaban J connectivity index is 1.27. The highest BCUT2D eigenvalue weighted by Crippen LogP contribution is 2.37. The van der Waals surface area contributed by atoms with Crippen LogP contribution in [0.25, 0.3) is 10.8 Å². The Morgan fingerprint density at radius 3 is 2.42 bits per heavy atom. The maximum absolute atomic E-state index is 14.3. The lowest BCUT2D eigenvalue weighted by Crippen LogP contribution is -2.56. The third-order valence-corrected chi connectivity index (χ3v) is 13.2. The zero-order valence-corrected chi connectivity index (χ0v) is 34.5. The van der Waals surface area contributed by atoms with Crippen LogP contribution in [0.3, 0.4) is 0 Å². The summed E-state index contributed by atoms with van der Waals surface area (Å²) in [4.78, 5) is 58.2. The molecule has 1 aromatic carbocycles. The molecule has 14 nitrogen and oxygen atoms in total. The highest BCUT2D eigenvalue weighted by Gasteiger charge is 2.52. The second-order valence-electron chi connectivity index (χ2n) is 16.4. The number of hydrogen-bond donors (Lipinski definition) is 3. The summed E-state index contributed by atoms with van der Waals surface area (Å²) in [5.41, 5.74) is 2.84. The van der Waals surface area contributed by atoms with Crippen LogP contribution in [0.5, 0.6) is 11.6 Å². The van der Waals surface area contributed by atoms with Crippen LogP contribution in [-0.2, 0) is 29.1 Å². The van der Waals surface area contributed by atoms with Crippen molar-refractivity contribution >= 4 is 44.6 Å². The molecule has 7 atom stereocenters. The summed E-state index contributed by atoms with van der Waals surface area (Å²) >= 11 is 0. The summed E-state index contributed by atoms with van der Waals surface area (Å²) in [6.07, 6.45) is 2.50. The van der Waals surface area contributed by atoms with Gasteiger partial charge in [0.25, 0.3) is 0 Å². The molecule has 4 amide bonds. The number of pyridine rings is 1. The summed E-state index contributed by atoms with van der Waals surface area (Å²) < 4.78 is 98.4. The summed E-state index contributed by atoms with van der Waals surface area (Å²) in [5, 5.41) is 2.58. The molecule has 326 valence electrons. The number of aromatic nitrogens is 1. The molecular formula is C40H53F4N5O9S. The summed E-state index contributed by atoms with van der Waals surface area (Å²) in [6.45, 7) is 4.72. The first-order chi connectivity index (χ1) is 27.6. The Kier molecular flexibility index (Phi) is 14.1. The average Bonchev–Trinajstić information content (AvgIpc) is 3.77. The number of nitrogens with zero attached hydrogens (tertiary/aromatic N) is 2. The minimum atomic E-state index is -4.92. The van der Waals surface area contributed by atoms with Crippen molar-refractivity contribution in [2.24, 2.45) is 29.4 Å². The molecule has 3 aliphatic rings. The molecule has 5 rings (SSSR count). The number of carbonyl (C=O) groups excluding carboxylic acids is 4. The van der Waals surface area contributed by atoms with E-state index in [4.69, 9.17) is 19.9 Å². The summed E-state index contributed by atoms with van der Waals surface area (Å²) in [6, 6.07) is 1.25. The number of amides is 4. The molecular weight excluding hydrogens is 803 g/mol. The predicted octanol–water partition coefficient (Wildman–Crippen LogP) is 5.68. The molecule has 3 fully saturated rings. The van der Waals surface area contributed by atoms with Gasteiger partial charge < -0.3 is 30.2 Å². The van der Waals surface area contributed by atoms with Gasteiger partial charge in [0.1, 0.15) is 29.8 Å². The van der Waals surface area contributed by atoms with Gasteiger partial charge in [0, 0.05) is 17.7 Å². The van der Waals surface area contributed by atoms with Crippen molar-refractivity contribution in [2.75, 3.05) is 13.7 Å². The fourth-order valence-electron chi connectivity index (χ4n) is 7.63. The van der Waals surface area contributed by atoms with Gasteiger partial charge in [0.05, 0.1) is 30.5 Å². The largest absolute Gasteiger partial charge is 0.494 e. The SMILES string of the molecule is COc1cnc(O[C@@H]2C[C@@H](C(N)=O)N(C(=O)[C@@H](NC(=O)OC(C)(C)C(F)(F)F)[C@H](C)CCC[C@@H](C)/C=C\[C@@H]3CCCC3C(=O)NS(=O)(=O)C3CC3)C2)c2cc(F)ccc12. The van der Waals surface area contributed by atoms with Crippen molar-refractivity contribution < 1.29 is 59.4 Å². The number of halogens is 4. The van der Waals surface area contributed by atoms with Gasteiger partial charge in [-0.15, -0.1) is 0 Å². The Bertz CT molecular complexity index is 2030. The fraction of sp³-hybridized carbons (Fsp3) is 0.625. The molecule has 59 heavy (non-hydrogen) atoms. The van der Waals surface area contributed by atoms with E-state index in [0.717, 1.165) is 17.7 Å². The Morgan fingerprint density at radius 1 is 1.07 bits per heavy atom. The van der Waals surface area contributed by atoms with Crippen LogP contribution in [0.15, 0.2) is 36.5 Å². The number of nitrogens with two attached hydrogens (primary N) is 1. The first kappa shape index (κ1) is 45.4. The third-order valence-electron chi connectivity index (χ3n) is 11.4. The first-order valence-corrected chi connectivity index (χ1v) is 21.3. The highest BCUT2D eigenvalue weighted by molar-refractivity contribution is 7.90. The van der Waals surface area contributed by atoms with Crippen LogP contribution in [0.4, 0.5) is 22.4 Å². The van der Waals surface area contributed by atoms with Crippen LogP contribution in [0, 0.1) is 29.5 Å². The summed E-state index contributed by atoms with van der Waals surface area (Å²) in [7, 11) is -2.23. The van der Waals surface area contributed by atoms with E-state index in [0.29, 0.717) is 63.5 Å². The number of hydrogen-bond acceptors (Lipinski definition) is 10. The Labute approximate surface area is 341 Å². The first-order valence-electron chi connectivity index (χ1n) is 19.8. The molecule has 2 aromatic rings. The van der Waals surface area contributed by atoms with Gasteiger partial charge in [0.15, 0.2) is 0 Å². The van der Waals surface area contributed by atoms with Crippen molar-refractivity contribution in [2.45, 2.75) is 121 Å². The third kappa shape index (κ3) is 11.1. The molecule has 2 aliphatic carbocycles. The Morgan fingerprint density at radius 2 is 1.78 bits per heavy atom. The van der Waals surface area contributed by atoms with Crippen molar-refractivity contribution in [1.29, 1.82) is 0 Å². The van der Waals surface area contributed by atoms with Crippen LogP contribution >= 0.6 is 0 Å². The second kappa shape index (κ2) is 18.3. The molecule has 1 saturated heterocycles. The monoisotopic (exact) mass is 855 g/mol. The number of fused-ring (bicyclic) bond motifs is 1. The van der Waals surface area contributed by atoms with Gasteiger partial charge in [-0.05, 0) is 88.3 Å². The van der Waals surface area contributed by atoms with E-state index >= 15 is 0 Å². The number of alkyl halides is 3. The molecule has 0 spiro atoms. The van der Waals surface area contributed by atoms with Crippen LogP contribution in [0.2, 0.25) is 0 Å². The minimum absolute atomic E-state index is 0.000214. The number of methoxy groups -OCH3 is 1. The number of nitrogens with one attached hydrogen (secondary N) is 2. The molecule has 19 heteroatoms. The number of rotatable bonds is 17. The molecule has 1 aromatic heterocycles. The van der Waals surface area contributed by atoms with E-state index in [-0.39, 0.29) is 36.1 Å². The number of carbonyl (C=O) groups is 4. The molecule has 4 N–H and O–H groups in total. The van der Waals surface area contributed by atoms with E-state index in [2.05, 4.69) is 15.0 Å². The van der Waals surface area contributed by atoms with Crippen molar-refractivity contribution in [3.05, 3.63) is 42.4 Å². The van der Waals surface area contributed by atoms with Gasteiger partial charge in [-0.2, -0.15) is 13.2 Å². The maximum Gasteiger partial charge on any atom is 0.427 e. The van der Waals surface area contributed by atoms with Gasteiger partial charge in [-0.3, -0.25) is 19.1 Å². The van der Waals surface area contributed by atoms with Crippen LogP contribution < -0.4 is 25.2 Å². The number of ether oxygens (including phenoxy) is 3. The number of allylic oxidation sites excluding steroid dienone is 2.